The smallest absolute Gasteiger partial charge is 0.283 e. The van der Waals surface area contributed by atoms with Crippen LogP contribution in [-0.2, 0) is 5.75 Å². The van der Waals surface area contributed by atoms with E-state index in [-0.39, 0.29) is 0 Å². The van der Waals surface area contributed by atoms with Gasteiger partial charge in [-0.15, -0.1) is 31.7 Å². The quantitative estimate of drug-likeness (QED) is 0.500. The Balaban J connectivity index is 1.42. The largest absolute Gasteiger partial charge is 0.456 e. The molecule has 116 valence electrons. The molecule has 4 aromatic heterocycles. The van der Waals surface area contributed by atoms with Crippen LogP contribution in [0, 0.1) is 6.92 Å². The summed E-state index contributed by atoms with van der Waals surface area (Å²) in [6, 6.07) is 7.51. The molecule has 0 aliphatic heterocycles. The molecule has 7 nitrogen and oxygen atoms in total. The van der Waals surface area contributed by atoms with Gasteiger partial charge in [-0.05, 0) is 30.5 Å². The van der Waals surface area contributed by atoms with Gasteiger partial charge >= 0.3 is 0 Å². The molecular weight excluding hydrogens is 336 g/mol. The van der Waals surface area contributed by atoms with Gasteiger partial charge in [0.1, 0.15) is 5.76 Å². The summed E-state index contributed by atoms with van der Waals surface area (Å²) in [5.74, 6) is 3.14. The van der Waals surface area contributed by atoms with E-state index in [0.717, 1.165) is 10.6 Å². The van der Waals surface area contributed by atoms with E-state index in [2.05, 4.69) is 20.4 Å². The lowest BCUT2D eigenvalue weighted by molar-refractivity contribution is 0.463. The highest BCUT2D eigenvalue weighted by Crippen LogP contribution is 2.28. The third kappa shape index (κ3) is 3.06. The zero-order valence-electron chi connectivity index (χ0n) is 11.9. The van der Waals surface area contributed by atoms with Crippen molar-refractivity contribution in [2.45, 2.75) is 17.9 Å². The summed E-state index contributed by atoms with van der Waals surface area (Å²) in [6.45, 7) is 1.86. The Morgan fingerprint density at radius 3 is 2.70 bits per heavy atom. The zero-order valence-corrected chi connectivity index (χ0v) is 13.6. The van der Waals surface area contributed by atoms with Crippen LogP contribution in [-0.4, -0.2) is 20.4 Å². The van der Waals surface area contributed by atoms with Gasteiger partial charge in [0.05, 0.1) is 10.6 Å². The Hall–Kier alpha value is -2.39. The molecule has 0 aliphatic carbocycles. The second-order valence-corrected chi connectivity index (χ2v) is 6.42. The molecule has 0 aliphatic rings. The Morgan fingerprint density at radius 2 is 1.91 bits per heavy atom. The minimum absolute atomic E-state index is 0.360. The fraction of sp³-hybridized carbons (Fsp3) is 0.143. The van der Waals surface area contributed by atoms with Crippen LogP contribution in [0.25, 0.3) is 22.4 Å². The number of nitrogens with zero attached hydrogens (tertiary/aromatic N) is 4. The summed E-state index contributed by atoms with van der Waals surface area (Å²) in [6.07, 6.45) is 0. The lowest BCUT2D eigenvalue weighted by Crippen LogP contribution is -1.80. The second-order valence-electron chi connectivity index (χ2n) is 4.55. The summed E-state index contributed by atoms with van der Waals surface area (Å²) in [5, 5.41) is 18.4. The van der Waals surface area contributed by atoms with Crippen LogP contribution in [0.4, 0.5) is 0 Å². The minimum atomic E-state index is 0.360. The number of aromatic nitrogens is 4. The molecule has 0 bridgehead atoms. The van der Waals surface area contributed by atoms with Crippen LogP contribution < -0.4 is 0 Å². The van der Waals surface area contributed by atoms with Gasteiger partial charge in [-0.2, -0.15) is 0 Å². The van der Waals surface area contributed by atoms with Crippen molar-refractivity contribution < 1.29 is 13.3 Å². The van der Waals surface area contributed by atoms with Gasteiger partial charge in [-0.3, -0.25) is 0 Å². The van der Waals surface area contributed by atoms with Crippen molar-refractivity contribution in [2.24, 2.45) is 0 Å². The van der Waals surface area contributed by atoms with E-state index in [9.17, 15) is 0 Å². The van der Waals surface area contributed by atoms with E-state index >= 15 is 0 Å². The van der Waals surface area contributed by atoms with Crippen molar-refractivity contribution in [3.05, 3.63) is 41.3 Å². The average molecular weight is 346 g/mol. The lowest BCUT2D eigenvalue weighted by Gasteiger charge is -1.90. The van der Waals surface area contributed by atoms with Crippen molar-refractivity contribution in [3.63, 3.8) is 0 Å². The van der Waals surface area contributed by atoms with Gasteiger partial charge in [0.15, 0.2) is 5.76 Å². The number of thiophene rings is 1. The first-order valence-corrected chi connectivity index (χ1v) is 8.54. The topological polar surface area (TPSA) is 91.0 Å². The molecule has 0 fully saturated rings. The second kappa shape index (κ2) is 6.01. The number of furan rings is 1. The highest BCUT2D eigenvalue weighted by molar-refractivity contribution is 7.98. The summed E-state index contributed by atoms with van der Waals surface area (Å²) >= 11 is 2.89. The van der Waals surface area contributed by atoms with Crippen molar-refractivity contribution in [1.82, 2.24) is 20.4 Å². The Kier molecular flexibility index (Phi) is 3.72. The monoisotopic (exact) mass is 346 g/mol. The van der Waals surface area contributed by atoms with Gasteiger partial charge < -0.3 is 13.3 Å². The number of hydrogen-bond donors (Lipinski definition) is 0. The minimum Gasteiger partial charge on any atom is -0.456 e. The van der Waals surface area contributed by atoms with E-state index in [1.807, 2.05) is 30.5 Å². The van der Waals surface area contributed by atoms with Crippen LogP contribution in [0.5, 0.6) is 0 Å². The first-order valence-electron chi connectivity index (χ1n) is 6.67. The molecule has 0 aromatic carbocycles. The summed E-state index contributed by atoms with van der Waals surface area (Å²) in [5.41, 5.74) is 0. The molecule has 0 spiro atoms. The van der Waals surface area contributed by atoms with Crippen LogP contribution in [0.1, 0.15) is 11.7 Å². The molecular formula is C14H10N4O3S2. The van der Waals surface area contributed by atoms with Gasteiger partial charge in [0.2, 0.25) is 5.89 Å². The van der Waals surface area contributed by atoms with E-state index < -0.39 is 0 Å². The van der Waals surface area contributed by atoms with E-state index in [0.29, 0.717) is 34.4 Å². The molecule has 0 amide bonds. The molecule has 0 unspecified atom stereocenters. The Bertz CT molecular complexity index is 910. The average Bonchev–Trinajstić information content (AvgIpc) is 3.31. The molecule has 4 rings (SSSR count). The van der Waals surface area contributed by atoms with Gasteiger partial charge in [0.25, 0.3) is 17.0 Å². The number of hydrogen-bond acceptors (Lipinski definition) is 9. The first-order chi connectivity index (χ1) is 11.3. The van der Waals surface area contributed by atoms with E-state index in [1.165, 1.54) is 11.8 Å². The molecule has 23 heavy (non-hydrogen) atoms. The van der Waals surface area contributed by atoms with Crippen molar-refractivity contribution in [2.75, 3.05) is 0 Å². The van der Waals surface area contributed by atoms with Gasteiger partial charge in [0, 0.05) is 0 Å². The molecule has 4 aromatic rings. The fourth-order valence-corrected chi connectivity index (χ4v) is 3.10. The maximum Gasteiger partial charge on any atom is 0.283 e. The highest BCUT2D eigenvalue weighted by atomic mass is 32.2. The van der Waals surface area contributed by atoms with Crippen LogP contribution >= 0.6 is 23.1 Å². The predicted octanol–water partition coefficient (Wildman–Crippen LogP) is 4.04. The summed E-state index contributed by atoms with van der Waals surface area (Å²) < 4.78 is 16.6. The maximum atomic E-state index is 5.59. The third-order valence-electron chi connectivity index (χ3n) is 2.88. The molecule has 0 N–H and O–H groups in total. The number of thioether (sulfide) groups is 1. The zero-order chi connectivity index (χ0) is 15.6. The van der Waals surface area contributed by atoms with Crippen molar-refractivity contribution >= 4 is 23.1 Å². The first kappa shape index (κ1) is 14.2. The van der Waals surface area contributed by atoms with Crippen molar-refractivity contribution in [3.8, 4) is 22.4 Å². The predicted molar refractivity (Wildman–Crippen MR) is 83.9 cm³/mol. The van der Waals surface area contributed by atoms with Gasteiger partial charge in [-0.25, -0.2) is 0 Å². The maximum absolute atomic E-state index is 5.59. The van der Waals surface area contributed by atoms with E-state index in [1.54, 1.807) is 17.4 Å². The molecule has 0 atom stereocenters. The molecule has 9 heteroatoms. The third-order valence-corrected chi connectivity index (χ3v) is 4.54. The van der Waals surface area contributed by atoms with Crippen LogP contribution in [0.3, 0.4) is 0 Å². The fourth-order valence-electron chi connectivity index (χ4n) is 1.85. The van der Waals surface area contributed by atoms with E-state index in [4.69, 9.17) is 13.3 Å². The Morgan fingerprint density at radius 1 is 1.00 bits per heavy atom. The summed E-state index contributed by atoms with van der Waals surface area (Å²) in [7, 11) is 0. The molecule has 0 saturated heterocycles. The summed E-state index contributed by atoms with van der Waals surface area (Å²) in [4.78, 5) is 0.942. The molecule has 4 heterocycles. The standard InChI is InChI=1S/C14H10N4O3S2/c1-8-4-5-9(19-8)12-16-15-11(20-12)7-23-14-18-17-13(21-14)10-3-2-6-22-10/h2-6H,7H2,1H3. The van der Waals surface area contributed by atoms with Gasteiger partial charge in [-0.1, -0.05) is 17.8 Å². The van der Waals surface area contributed by atoms with Crippen LogP contribution in [0.2, 0.25) is 0 Å². The van der Waals surface area contributed by atoms with Crippen molar-refractivity contribution in [1.29, 1.82) is 0 Å². The Labute approximate surface area is 138 Å². The lowest BCUT2D eigenvalue weighted by atomic mass is 10.4. The normalized spacial score (nSPS) is 11.2. The number of rotatable bonds is 5. The van der Waals surface area contributed by atoms with Crippen LogP contribution in [0.15, 0.2) is 48.1 Å². The molecule has 0 radical (unpaired) electrons. The SMILES string of the molecule is Cc1ccc(-c2nnc(CSc3nnc(-c4cccs4)o3)o2)o1. The highest BCUT2D eigenvalue weighted by Gasteiger charge is 2.14. The number of aryl methyl sites for hydroxylation is 1. The molecule has 0 saturated carbocycles.